The molecule has 26 heavy (non-hydrogen) atoms. The average molecular weight is 350 g/mol. The lowest BCUT2D eigenvalue weighted by Crippen LogP contribution is -2.39. The molecule has 4 heterocycles. The van der Waals surface area contributed by atoms with E-state index in [4.69, 9.17) is 14.1 Å². The van der Waals surface area contributed by atoms with E-state index in [2.05, 4.69) is 21.8 Å². The molecule has 1 fully saturated rings. The molecule has 0 unspecified atom stereocenters. The number of pyridine rings is 1. The van der Waals surface area contributed by atoms with Gasteiger partial charge in [-0.15, -0.1) is 0 Å². The van der Waals surface area contributed by atoms with E-state index in [1.807, 2.05) is 38.1 Å². The largest absolute Gasteiger partial charge is 0.464 e. The monoisotopic (exact) mass is 350 g/mol. The van der Waals surface area contributed by atoms with Gasteiger partial charge < -0.3 is 14.1 Å². The fraction of sp³-hybridized carbons (Fsp3) is 0.350. The molecule has 0 aromatic carbocycles. The van der Waals surface area contributed by atoms with Crippen LogP contribution in [0.2, 0.25) is 0 Å². The SMILES string of the molecule is Cc1ccc([C@@H]2CN(c3nc(-c4cccnc4)nc(C)c3C)CCO2)o1. The molecule has 4 rings (SSSR count). The molecule has 0 aliphatic carbocycles. The van der Waals surface area contributed by atoms with Crippen LogP contribution in [0.15, 0.2) is 41.1 Å². The van der Waals surface area contributed by atoms with Crippen molar-refractivity contribution in [2.24, 2.45) is 0 Å². The van der Waals surface area contributed by atoms with Crippen molar-refractivity contribution < 1.29 is 9.15 Å². The van der Waals surface area contributed by atoms with Gasteiger partial charge in [0, 0.05) is 35.8 Å². The van der Waals surface area contributed by atoms with Crippen molar-refractivity contribution in [1.82, 2.24) is 15.0 Å². The molecule has 0 radical (unpaired) electrons. The molecule has 3 aromatic rings. The molecule has 3 aromatic heterocycles. The zero-order valence-electron chi connectivity index (χ0n) is 15.3. The zero-order valence-corrected chi connectivity index (χ0v) is 15.3. The fourth-order valence-electron chi connectivity index (χ4n) is 3.19. The van der Waals surface area contributed by atoms with Crippen LogP contribution in [-0.2, 0) is 4.74 Å². The number of morpholine rings is 1. The standard InChI is InChI=1S/C20H22N4O2/c1-13-6-7-17(26-13)18-12-24(9-10-25-18)20-14(2)15(3)22-19(23-20)16-5-4-8-21-11-16/h4-8,11,18H,9-10,12H2,1-3H3/t18-/m0/s1. The predicted octanol–water partition coefficient (Wildman–Crippen LogP) is 3.63. The molecule has 1 atom stereocenters. The Morgan fingerprint density at radius 3 is 2.73 bits per heavy atom. The van der Waals surface area contributed by atoms with Crippen molar-refractivity contribution >= 4 is 5.82 Å². The van der Waals surface area contributed by atoms with Gasteiger partial charge in [0.2, 0.25) is 0 Å². The number of anilines is 1. The Bertz CT molecular complexity index is 907. The van der Waals surface area contributed by atoms with Crippen molar-refractivity contribution in [2.75, 3.05) is 24.6 Å². The van der Waals surface area contributed by atoms with Gasteiger partial charge in [-0.05, 0) is 45.0 Å². The molecular weight excluding hydrogens is 328 g/mol. The third kappa shape index (κ3) is 3.20. The molecule has 6 heteroatoms. The number of ether oxygens (including phenoxy) is 1. The summed E-state index contributed by atoms with van der Waals surface area (Å²) in [5.41, 5.74) is 2.99. The molecule has 0 saturated carbocycles. The second-order valence-corrected chi connectivity index (χ2v) is 6.58. The van der Waals surface area contributed by atoms with Crippen molar-refractivity contribution in [1.29, 1.82) is 0 Å². The first-order valence-corrected chi connectivity index (χ1v) is 8.80. The molecule has 1 aliphatic rings. The molecule has 0 spiro atoms. The Morgan fingerprint density at radius 1 is 1.12 bits per heavy atom. The normalized spacial score (nSPS) is 17.5. The molecule has 0 bridgehead atoms. The number of nitrogens with zero attached hydrogens (tertiary/aromatic N) is 4. The summed E-state index contributed by atoms with van der Waals surface area (Å²) in [5, 5.41) is 0. The number of aromatic nitrogens is 3. The van der Waals surface area contributed by atoms with E-state index in [1.54, 1.807) is 12.4 Å². The van der Waals surface area contributed by atoms with Gasteiger partial charge in [0.15, 0.2) is 5.82 Å². The van der Waals surface area contributed by atoms with Gasteiger partial charge in [0.1, 0.15) is 23.4 Å². The van der Waals surface area contributed by atoms with Crippen LogP contribution >= 0.6 is 0 Å². The van der Waals surface area contributed by atoms with Crippen molar-refractivity contribution in [3.63, 3.8) is 0 Å². The quantitative estimate of drug-likeness (QED) is 0.719. The minimum atomic E-state index is -0.0889. The highest BCUT2D eigenvalue weighted by molar-refractivity contribution is 5.59. The number of rotatable bonds is 3. The summed E-state index contributed by atoms with van der Waals surface area (Å²) in [6.45, 7) is 8.17. The molecule has 0 N–H and O–H groups in total. The lowest BCUT2D eigenvalue weighted by atomic mass is 10.1. The Kier molecular flexibility index (Phi) is 4.42. The van der Waals surface area contributed by atoms with Gasteiger partial charge in [-0.3, -0.25) is 4.98 Å². The van der Waals surface area contributed by atoms with Crippen LogP contribution in [0.3, 0.4) is 0 Å². The molecule has 0 amide bonds. The summed E-state index contributed by atoms with van der Waals surface area (Å²) in [4.78, 5) is 15.9. The molecule has 1 saturated heterocycles. The van der Waals surface area contributed by atoms with Crippen LogP contribution in [0.4, 0.5) is 5.82 Å². The van der Waals surface area contributed by atoms with Crippen molar-refractivity contribution in [3.8, 4) is 11.4 Å². The number of hydrogen-bond donors (Lipinski definition) is 0. The van der Waals surface area contributed by atoms with Gasteiger partial charge in [-0.1, -0.05) is 0 Å². The minimum Gasteiger partial charge on any atom is -0.464 e. The zero-order chi connectivity index (χ0) is 18.1. The molecule has 134 valence electrons. The number of aryl methyl sites for hydroxylation is 2. The first-order valence-electron chi connectivity index (χ1n) is 8.80. The van der Waals surface area contributed by atoms with Gasteiger partial charge in [-0.2, -0.15) is 0 Å². The summed E-state index contributed by atoms with van der Waals surface area (Å²) in [7, 11) is 0. The second kappa shape index (κ2) is 6.88. The van der Waals surface area contributed by atoms with Gasteiger partial charge >= 0.3 is 0 Å². The molecular formula is C20H22N4O2. The summed E-state index contributed by atoms with van der Waals surface area (Å²) in [6, 6.07) is 7.84. The van der Waals surface area contributed by atoms with E-state index in [1.165, 1.54) is 0 Å². The lowest BCUT2D eigenvalue weighted by Gasteiger charge is -2.34. The van der Waals surface area contributed by atoms with E-state index in [0.717, 1.165) is 40.7 Å². The Morgan fingerprint density at radius 2 is 2.00 bits per heavy atom. The highest BCUT2D eigenvalue weighted by atomic mass is 16.5. The van der Waals surface area contributed by atoms with Crippen molar-refractivity contribution in [2.45, 2.75) is 26.9 Å². The highest BCUT2D eigenvalue weighted by Crippen LogP contribution is 2.30. The van der Waals surface area contributed by atoms with Crippen LogP contribution in [0, 0.1) is 20.8 Å². The average Bonchev–Trinajstić information content (AvgIpc) is 3.11. The third-order valence-corrected chi connectivity index (χ3v) is 4.73. The lowest BCUT2D eigenvalue weighted by molar-refractivity contribution is 0.0250. The van der Waals surface area contributed by atoms with E-state index in [9.17, 15) is 0 Å². The molecule has 1 aliphatic heterocycles. The Hall–Kier alpha value is -2.73. The first kappa shape index (κ1) is 16.7. The Balaban J connectivity index is 1.67. The smallest absolute Gasteiger partial charge is 0.163 e. The van der Waals surface area contributed by atoms with Crippen LogP contribution in [-0.4, -0.2) is 34.6 Å². The second-order valence-electron chi connectivity index (χ2n) is 6.58. The maximum atomic E-state index is 5.93. The Labute approximate surface area is 152 Å². The van der Waals surface area contributed by atoms with Crippen LogP contribution in [0.1, 0.15) is 28.9 Å². The van der Waals surface area contributed by atoms with Crippen LogP contribution in [0.25, 0.3) is 11.4 Å². The van der Waals surface area contributed by atoms with Crippen molar-refractivity contribution in [3.05, 3.63) is 59.4 Å². The van der Waals surface area contributed by atoms with E-state index >= 15 is 0 Å². The van der Waals surface area contributed by atoms with Gasteiger partial charge in [0.25, 0.3) is 0 Å². The predicted molar refractivity (Wildman–Crippen MR) is 99.1 cm³/mol. The maximum absolute atomic E-state index is 5.93. The van der Waals surface area contributed by atoms with E-state index < -0.39 is 0 Å². The number of hydrogen-bond acceptors (Lipinski definition) is 6. The van der Waals surface area contributed by atoms with Crippen LogP contribution in [0.5, 0.6) is 0 Å². The summed E-state index contributed by atoms with van der Waals surface area (Å²) < 4.78 is 11.7. The highest BCUT2D eigenvalue weighted by Gasteiger charge is 2.27. The van der Waals surface area contributed by atoms with Crippen LogP contribution < -0.4 is 4.90 Å². The topological polar surface area (TPSA) is 64.3 Å². The minimum absolute atomic E-state index is 0.0889. The van der Waals surface area contributed by atoms with Gasteiger partial charge in [-0.25, -0.2) is 9.97 Å². The summed E-state index contributed by atoms with van der Waals surface area (Å²) in [6.07, 6.45) is 3.46. The van der Waals surface area contributed by atoms with Gasteiger partial charge in [0.05, 0.1) is 13.2 Å². The maximum Gasteiger partial charge on any atom is 0.163 e. The number of furan rings is 1. The summed E-state index contributed by atoms with van der Waals surface area (Å²) in [5.74, 6) is 3.41. The fourth-order valence-corrected chi connectivity index (χ4v) is 3.19. The molecule has 6 nitrogen and oxygen atoms in total. The third-order valence-electron chi connectivity index (χ3n) is 4.73. The van der Waals surface area contributed by atoms with E-state index in [-0.39, 0.29) is 6.10 Å². The summed E-state index contributed by atoms with van der Waals surface area (Å²) >= 11 is 0. The first-order chi connectivity index (χ1) is 12.6. The van der Waals surface area contributed by atoms with E-state index in [0.29, 0.717) is 19.0 Å².